The van der Waals surface area contributed by atoms with Gasteiger partial charge in [0.1, 0.15) is 5.82 Å². The van der Waals surface area contributed by atoms with Crippen molar-refractivity contribution in [2.75, 3.05) is 6.54 Å². The summed E-state index contributed by atoms with van der Waals surface area (Å²) in [6, 6.07) is 7.14. The summed E-state index contributed by atoms with van der Waals surface area (Å²) in [6.45, 7) is 3.44. The number of nitrogens with one attached hydrogen (secondary N) is 1. The fourth-order valence-electron chi connectivity index (χ4n) is 3.36. The SMILES string of the molecule is CC1CCNC(c2nc3cc(Cl)ccc3n2C2CC2)C1. The summed E-state index contributed by atoms with van der Waals surface area (Å²) in [5, 5.41) is 4.42. The van der Waals surface area contributed by atoms with Crippen molar-refractivity contribution >= 4 is 22.6 Å². The van der Waals surface area contributed by atoms with Gasteiger partial charge >= 0.3 is 0 Å². The van der Waals surface area contributed by atoms with Gasteiger partial charge in [-0.1, -0.05) is 18.5 Å². The summed E-state index contributed by atoms with van der Waals surface area (Å²) in [5.41, 5.74) is 2.28. The first kappa shape index (κ1) is 12.7. The summed E-state index contributed by atoms with van der Waals surface area (Å²) in [5.74, 6) is 1.99. The minimum atomic E-state index is 0.394. The molecule has 2 heterocycles. The van der Waals surface area contributed by atoms with Crippen LogP contribution in [-0.2, 0) is 0 Å². The molecule has 1 N–H and O–H groups in total. The van der Waals surface area contributed by atoms with Gasteiger partial charge in [0.15, 0.2) is 0 Å². The van der Waals surface area contributed by atoms with E-state index >= 15 is 0 Å². The summed E-state index contributed by atoms with van der Waals surface area (Å²) < 4.78 is 2.46. The lowest BCUT2D eigenvalue weighted by atomic mass is 9.94. The predicted molar refractivity (Wildman–Crippen MR) is 82.2 cm³/mol. The van der Waals surface area contributed by atoms with Crippen LogP contribution in [0.5, 0.6) is 0 Å². The van der Waals surface area contributed by atoms with E-state index in [-0.39, 0.29) is 0 Å². The number of fused-ring (bicyclic) bond motifs is 1. The molecule has 106 valence electrons. The van der Waals surface area contributed by atoms with E-state index in [9.17, 15) is 0 Å². The molecule has 2 fully saturated rings. The highest BCUT2D eigenvalue weighted by atomic mass is 35.5. The number of benzene rings is 1. The summed E-state index contributed by atoms with van der Waals surface area (Å²) in [7, 11) is 0. The Morgan fingerprint density at radius 2 is 2.15 bits per heavy atom. The van der Waals surface area contributed by atoms with Crippen molar-refractivity contribution < 1.29 is 0 Å². The second-order valence-electron chi connectivity index (χ2n) is 6.34. The zero-order valence-electron chi connectivity index (χ0n) is 11.8. The highest BCUT2D eigenvalue weighted by Gasteiger charge is 2.32. The number of imidazole rings is 1. The molecule has 4 heteroatoms. The van der Waals surface area contributed by atoms with Crippen molar-refractivity contribution in [2.45, 2.75) is 44.7 Å². The quantitative estimate of drug-likeness (QED) is 0.902. The van der Waals surface area contributed by atoms with Gasteiger partial charge in [-0.15, -0.1) is 0 Å². The summed E-state index contributed by atoms with van der Waals surface area (Å²) in [4.78, 5) is 4.91. The molecule has 1 aliphatic heterocycles. The van der Waals surface area contributed by atoms with Crippen molar-refractivity contribution in [1.82, 2.24) is 14.9 Å². The molecular weight excluding hydrogens is 270 g/mol. The monoisotopic (exact) mass is 289 g/mol. The maximum atomic E-state index is 6.12. The molecule has 0 bridgehead atoms. The molecule has 1 saturated heterocycles. The molecule has 4 rings (SSSR count). The maximum Gasteiger partial charge on any atom is 0.127 e. The molecule has 2 atom stereocenters. The van der Waals surface area contributed by atoms with Crippen LogP contribution in [0, 0.1) is 5.92 Å². The molecular formula is C16H20ClN3. The lowest BCUT2D eigenvalue weighted by molar-refractivity contribution is 0.310. The fraction of sp³-hybridized carbons (Fsp3) is 0.562. The lowest BCUT2D eigenvalue weighted by Crippen LogP contribution is -2.32. The van der Waals surface area contributed by atoms with Gasteiger partial charge in [0, 0.05) is 11.1 Å². The Morgan fingerprint density at radius 1 is 1.30 bits per heavy atom. The zero-order valence-corrected chi connectivity index (χ0v) is 12.5. The average molecular weight is 290 g/mol. The number of hydrogen-bond acceptors (Lipinski definition) is 2. The Hall–Kier alpha value is -1.06. The van der Waals surface area contributed by atoms with Gasteiger partial charge in [0.05, 0.1) is 17.1 Å². The van der Waals surface area contributed by atoms with Crippen LogP contribution < -0.4 is 5.32 Å². The number of hydrogen-bond donors (Lipinski definition) is 1. The molecule has 1 saturated carbocycles. The highest BCUT2D eigenvalue weighted by molar-refractivity contribution is 6.31. The molecule has 1 aliphatic carbocycles. The van der Waals surface area contributed by atoms with Crippen molar-refractivity contribution in [1.29, 1.82) is 0 Å². The number of aromatic nitrogens is 2. The third kappa shape index (κ3) is 2.13. The van der Waals surface area contributed by atoms with Crippen LogP contribution >= 0.6 is 11.6 Å². The smallest absolute Gasteiger partial charge is 0.127 e. The molecule has 0 amide bonds. The largest absolute Gasteiger partial charge is 0.324 e. The third-order valence-electron chi connectivity index (χ3n) is 4.57. The molecule has 20 heavy (non-hydrogen) atoms. The zero-order chi connectivity index (χ0) is 13.7. The van der Waals surface area contributed by atoms with Crippen LogP contribution in [0.4, 0.5) is 0 Å². The second kappa shape index (κ2) is 4.74. The van der Waals surface area contributed by atoms with Crippen LogP contribution in [0.15, 0.2) is 18.2 Å². The average Bonchev–Trinajstić information content (AvgIpc) is 3.19. The molecule has 2 aromatic rings. The molecule has 1 aromatic carbocycles. The van der Waals surface area contributed by atoms with Crippen molar-refractivity contribution in [3.8, 4) is 0 Å². The first-order chi connectivity index (χ1) is 9.72. The molecule has 2 unspecified atom stereocenters. The van der Waals surface area contributed by atoms with Crippen molar-refractivity contribution in [3.63, 3.8) is 0 Å². The Kier molecular flexibility index (Phi) is 3.00. The number of piperidine rings is 1. The van der Waals surface area contributed by atoms with Gasteiger partial charge in [-0.25, -0.2) is 4.98 Å². The van der Waals surface area contributed by atoms with Gasteiger partial charge in [0.25, 0.3) is 0 Å². The van der Waals surface area contributed by atoms with Gasteiger partial charge in [-0.2, -0.15) is 0 Å². The van der Waals surface area contributed by atoms with Crippen molar-refractivity contribution in [2.24, 2.45) is 5.92 Å². The normalized spacial score (nSPS) is 27.1. The van der Waals surface area contributed by atoms with Gasteiger partial charge in [-0.3, -0.25) is 0 Å². The van der Waals surface area contributed by atoms with Gasteiger partial charge < -0.3 is 9.88 Å². The highest BCUT2D eigenvalue weighted by Crippen LogP contribution is 2.41. The Morgan fingerprint density at radius 3 is 2.90 bits per heavy atom. The standard InChI is InChI=1S/C16H20ClN3/c1-10-6-7-18-14(8-10)16-19-13-9-11(17)2-5-15(13)20(16)12-3-4-12/h2,5,9-10,12,14,18H,3-4,6-8H2,1H3. The minimum absolute atomic E-state index is 0.394. The van der Waals surface area contributed by atoms with E-state index in [4.69, 9.17) is 16.6 Å². The second-order valence-corrected chi connectivity index (χ2v) is 6.78. The minimum Gasteiger partial charge on any atom is -0.324 e. The first-order valence-corrected chi connectivity index (χ1v) is 8.01. The summed E-state index contributed by atoms with van der Waals surface area (Å²) >= 11 is 6.12. The molecule has 1 aromatic heterocycles. The van der Waals surface area contributed by atoms with E-state index in [0.29, 0.717) is 12.1 Å². The van der Waals surface area contributed by atoms with E-state index in [2.05, 4.69) is 22.9 Å². The van der Waals surface area contributed by atoms with E-state index in [1.807, 2.05) is 12.1 Å². The van der Waals surface area contributed by atoms with E-state index in [1.165, 1.54) is 37.0 Å². The van der Waals surface area contributed by atoms with Crippen molar-refractivity contribution in [3.05, 3.63) is 29.0 Å². The molecule has 0 radical (unpaired) electrons. The Balaban J connectivity index is 1.83. The maximum absolute atomic E-state index is 6.12. The number of halogens is 1. The van der Waals surface area contributed by atoms with E-state index in [0.717, 1.165) is 23.0 Å². The first-order valence-electron chi connectivity index (χ1n) is 7.63. The Labute approximate surface area is 124 Å². The predicted octanol–water partition coefficient (Wildman–Crippen LogP) is 4.09. The number of nitrogens with zero attached hydrogens (tertiary/aromatic N) is 2. The topological polar surface area (TPSA) is 29.9 Å². The van der Waals surface area contributed by atoms with Crippen LogP contribution in [0.2, 0.25) is 5.02 Å². The lowest BCUT2D eigenvalue weighted by Gasteiger charge is -2.28. The fourth-order valence-corrected chi connectivity index (χ4v) is 3.52. The van der Waals surface area contributed by atoms with E-state index < -0.39 is 0 Å². The molecule has 0 spiro atoms. The Bertz CT molecular complexity index is 644. The van der Waals surface area contributed by atoms with Crippen LogP contribution in [0.3, 0.4) is 0 Å². The summed E-state index contributed by atoms with van der Waals surface area (Å²) in [6.07, 6.45) is 5.02. The van der Waals surface area contributed by atoms with Gasteiger partial charge in [-0.05, 0) is 56.3 Å². The van der Waals surface area contributed by atoms with Gasteiger partial charge in [0.2, 0.25) is 0 Å². The third-order valence-corrected chi connectivity index (χ3v) is 4.80. The van der Waals surface area contributed by atoms with Crippen LogP contribution in [0.1, 0.15) is 50.5 Å². The van der Waals surface area contributed by atoms with Crippen LogP contribution in [0.25, 0.3) is 11.0 Å². The van der Waals surface area contributed by atoms with E-state index in [1.54, 1.807) is 0 Å². The molecule has 2 aliphatic rings. The number of rotatable bonds is 2. The van der Waals surface area contributed by atoms with Crippen LogP contribution in [-0.4, -0.2) is 16.1 Å². The molecule has 3 nitrogen and oxygen atoms in total.